The normalized spacial score (nSPS) is 26.5. The van der Waals surface area contributed by atoms with E-state index in [1.54, 1.807) is 6.92 Å². The molecule has 3 unspecified atom stereocenters. The van der Waals surface area contributed by atoms with Gasteiger partial charge in [0, 0.05) is 12.5 Å². The minimum atomic E-state index is -0.810. The number of nitrogens with two attached hydrogens (primary N) is 1. The Morgan fingerprint density at radius 3 is 2.67 bits per heavy atom. The number of amides is 1. The van der Waals surface area contributed by atoms with Crippen molar-refractivity contribution < 1.29 is 14.7 Å². The molecule has 1 aliphatic carbocycles. The highest BCUT2D eigenvalue weighted by atomic mass is 16.4. The second-order valence-electron chi connectivity index (χ2n) is 6.51. The van der Waals surface area contributed by atoms with Gasteiger partial charge < -0.3 is 16.2 Å². The van der Waals surface area contributed by atoms with Crippen molar-refractivity contribution in [3.63, 3.8) is 0 Å². The summed E-state index contributed by atoms with van der Waals surface area (Å²) in [6.45, 7) is 4.54. The van der Waals surface area contributed by atoms with Gasteiger partial charge in [0.05, 0.1) is 5.41 Å². The molecular weight excluding hydrogens is 268 g/mol. The molecule has 21 heavy (non-hydrogen) atoms. The van der Waals surface area contributed by atoms with Crippen molar-refractivity contribution in [1.29, 1.82) is 0 Å². The first-order valence-electron chi connectivity index (χ1n) is 8.16. The predicted molar refractivity (Wildman–Crippen MR) is 82.8 cm³/mol. The Kier molecular flexibility index (Phi) is 7.15. The molecule has 0 radical (unpaired) electrons. The zero-order valence-corrected chi connectivity index (χ0v) is 13.4. The zero-order valence-electron chi connectivity index (χ0n) is 13.4. The fourth-order valence-electron chi connectivity index (χ4n) is 3.33. The first-order chi connectivity index (χ1) is 9.93. The lowest BCUT2D eigenvalue weighted by Crippen LogP contribution is -2.47. The number of nitrogens with one attached hydrogen (secondary N) is 1. The number of aliphatic carboxylic acids is 1. The molecule has 0 aliphatic heterocycles. The van der Waals surface area contributed by atoms with Gasteiger partial charge in [-0.3, -0.25) is 9.59 Å². The van der Waals surface area contributed by atoms with E-state index in [9.17, 15) is 14.7 Å². The summed E-state index contributed by atoms with van der Waals surface area (Å²) in [6.07, 6.45) is 6.72. The van der Waals surface area contributed by atoms with E-state index in [4.69, 9.17) is 5.73 Å². The van der Waals surface area contributed by atoms with Crippen molar-refractivity contribution in [3.8, 4) is 0 Å². The number of carboxylic acid groups (broad SMARTS) is 1. The largest absolute Gasteiger partial charge is 0.481 e. The summed E-state index contributed by atoms with van der Waals surface area (Å²) in [7, 11) is 0. The number of carbonyl (C=O) groups excluding carboxylic acids is 1. The molecule has 1 amide bonds. The Morgan fingerprint density at radius 1 is 1.38 bits per heavy atom. The Balaban J connectivity index is 2.44. The van der Waals surface area contributed by atoms with Gasteiger partial charge in [0.1, 0.15) is 0 Å². The summed E-state index contributed by atoms with van der Waals surface area (Å²) in [5.74, 6) is -0.329. The van der Waals surface area contributed by atoms with Crippen molar-refractivity contribution in [2.45, 2.75) is 71.3 Å². The van der Waals surface area contributed by atoms with E-state index in [-0.39, 0.29) is 11.9 Å². The molecule has 0 aromatic rings. The maximum Gasteiger partial charge on any atom is 0.311 e. The monoisotopic (exact) mass is 298 g/mol. The second-order valence-corrected chi connectivity index (χ2v) is 6.51. The summed E-state index contributed by atoms with van der Waals surface area (Å²) >= 11 is 0. The molecular formula is C16H30N2O3. The van der Waals surface area contributed by atoms with Crippen LogP contribution in [0.1, 0.15) is 65.2 Å². The van der Waals surface area contributed by atoms with Crippen LogP contribution in [0.3, 0.4) is 0 Å². The quantitative estimate of drug-likeness (QED) is 0.609. The highest BCUT2D eigenvalue weighted by Gasteiger charge is 2.45. The Labute approximate surface area is 127 Å². The molecule has 4 N–H and O–H groups in total. The number of hydrogen-bond acceptors (Lipinski definition) is 3. The molecule has 0 heterocycles. The Bertz CT molecular complexity index is 353. The summed E-state index contributed by atoms with van der Waals surface area (Å²) in [5.41, 5.74) is 4.79. The number of hydrogen-bond donors (Lipinski definition) is 3. The summed E-state index contributed by atoms with van der Waals surface area (Å²) in [4.78, 5) is 23.5. The molecule has 0 bridgehead atoms. The van der Waals surface area contributed by atoms with Gasteiger partial charge in [-0.2, -0.15) is 0 Å². The molecule has 0 aromatic heterocycles. The highest BCUT2D eigenvalue weighted by Crippen LogP contribution is 2.38. The van der Waals surface area contributed by atoms with Crippen LogP contribution in [-0.2, 0) is 9.59 Å². The van der Waals surface area contributed by atoms with E-state index < -0.39 is 11.4 Å². The summed E-state index contributed by atoms with van der Waals surface area (Å²) in [5, 5.41) is 12.3. The third-order valence-electron chi connectivity index (χ3n) is 4.83. The first kappa shape index (κ1) is 18.0. The molecule has 5 nitrogen and oxygen atoms in total. The lowest BCUT2D eigenvalue weighted by Gasteiger charge is -2.28. The van der Waals surface area contributed by atoms with Gasteiger partial charge >= 0.3 is 5.97 Å². The topological polar surface area (TPSA) is 92.4 Å². The summed E-state index contributed by atoms with van der Waals surface area (Å²) in [6, 6.07) is -0.235. The van der Waals surface area contributed by atoms with E-state index >= 15 is 0 Å². The van der Waals surface area contributed by atoms with Crippen molar-refractivity contribution >= 4 is 11.9 Å². The number of rotatable bonds is 9. The van der Waals surface area contributed by atoms with Crippen molar-refractivity contribution in [1.82, 2.24) is 5.32 Å². The third-order valence-corrected chi connectivity index (χ3v) is 4.83. The maximum absolute atomic E-state index is 12.1. The van der Waals surface area contributed by atoms with Crippen LogP contribution in [0, 0.1) is 11.3 Å². The van der Waals surface area contributed by atoms with Gasteiger partial charge in [0.25, 0.3) is 0 Å². The molecule has 1 fully saturated rings. The van der Waals surface area contributed by atoms with Crippen LogP contribution < -0.4 is 11.1 Å². The molecule has 3 atom stereocenters. The molecule has 1 saturated carbocycles. The van der Waals surface area contributed by atoms with Crippen LogP contribution >= 0.6 is 0 Å². The molecule has 0 saturated heterocycles. The average Bonchev–Trinajstić information content (AvgIpc) is 2.79. The van der Waals surface area contributed by atoms with Crippen LogP contribution in [0.4, 0.5) is 0 Å². The molecule has 0 spiro atoms. The van der Waals surface area contributed by atoms with E-state index in [1.807, 2.05) is 0 Å². The van der Waals surface area contributed by atoms with E-state index in [0.29, 0.717) is 25.3 Å². The lowest BCUT2D eigenvalue weighted by molar-refractivity contribution is -0.149. The molecule has 0 aromatic carbocycles. The van der Waals surface area contributed by atoms with Gasteiger partial charge in [0.15, 0.2) is 0 Å². The van der Waals surface area contributed by atoms with E-state index in [2.05, 4.69) is 12.2 Å². The SMILES string of the molecule is CCCC(CCN)CCC(=O)NC1CCCC1(C)C(=O)O. The first-order valence-corrected chi connectivity index (χ1v) is 8.16. The maximum atomic E-state index is 12.1. The highest BCUT2D eigenvalue weighted by molar-refractivity contribution is 5.80. The fraction of sp³-hybridized carbons (Fsp3) is 0.875. The van der Waals surface area contributed by atoms with Gasteiger partial charge in [-0.05, 0) is 45.1 Å². The van der Waals surface area contributed by atoms with Crippen LogP contribution in [0.15, 0.2) is 0 Å². The van der Waals surface area contributed by atoms with E-state index in [1.165, 1.54) is 0 Å². The average molecular weight is 298 g/mol. The van der Waals surface area contributed by atoms with Crippen molar-refractivity contribution in [3.05, 3.63) is 0 Å². The third kappa shape index (κ3) is 4.99. The Hall–Kier alpha value is -1.10. The van der Waals surface area contributed by atoms with Gasteiger partial charge in [-0.15, -0.1) is 0 Å². The lowest BCUT2D eigenvalue weighted by atomic mass is 9.84. The van der Waals surface area contributed by atoms with Crippen molar-refractivity contribution in [2.24, 2.45) is 17.1 Å². The zero-order chi connectivity index (χ0) is 15.9. The fourth-order valence-corrected chi connectivity index (χ4v) is 3.33. The van der Waals surface area contributed by atoms with Crippen LogP contribution in [0.2, 0.25) is 0 Å². The second kappa shape index (κ2) is 8.37. The molecule has 1 aliphatic rings. The van der Waals surface area contributed by atoms with Gasteiger partial charge in [-0.1, -0.05) is 26.2 Å². The summed E-state index contributed by atoms with van der Waals surface area (Å²) < 4.78 is 0. The van der Waals surface area contributed by atoms with Crippen LogP contribution in [0.5, 0.6) is 0 Å². The number of carbonyl (C=O) groups is 2. The van der Waals surface area contributed by atoms with Gasteiger partial charge in [0.2, 0.25) is 5.91 Å². The molecule has 122 valence electrons. The smallest absolute Gasteiger partial charge is 0.311 e. The van der Waals surface area contributed by atoms with Gasteiger partial charge in [-0.25, -0.2) is 0 Å². The molecule has 1 rings (SSSR count). The van der Waals surface area contributed by atoms with Crippen molar-refractivity contribution in [2.75, 3.05) is 6.54 Å². The van der Waals surface area contributed by atoms with Crippen LogP contribution in [0.25, 0.3) is 0 Å². The minimum absolute atomic E-state index is 0.0208. The molecule has 5 heteroatoms. The number of carboxylic acids is 1. The minimum Gasteiger partial charge on any atom is -0.481 e. The Morgan fingerprint density at radius 2 is 2.10 bits per heavy atom. The van der Waals surface area contributed by atoms with Crippen LogP contribution in [-0.4, -0.2) is 29.6 Å². The predicted octanol–water partition coefficient (Wildman–Crippen LogP) is 2.29. The standard InChI is InChI=1S/C16H30N2O3/c1-3-5-12(9-11-17)7-8-14(19)18-13-6-4-10-16(13,2)15(20)21/h12-13H,3-11,17H2,1-2H3,(H,18,19)(H,20,21). The van der Waals surface area contributed by atoms with E-state index in [0.717, 1.165) is 38.5 Å².